The molecule has 0 heterocycles. The first-order chi connectivity index (χ1) is 5.79. The van der Waals surface area contributed by atoms with E-state index >= 15 is 0 Å². The van der Waals surface area contributed by atoms with Crippen LogP contribution in [0.3, 0.4) is 0 Å². The molecule has 73 valence electrons. The highest BCUT2D eigenvalue weighted by Crippen LogP contribution is 2.17. The Bertz CT molecular complexity index is 215. The second-order valence-corrected chi connectivity index (χ2v) is 5.11. The zero-order chi connectivity index (χ0) is 10.6. The van der Waals surface area contributed by atoms with Crippen LogP contribution in [0.5, 0.6) is 0 Å². The minimum atomic E-state index is 0.132. The molecule has 0 atom stereocenters. The van der Waals surface area contributed by atoms with Gasteiger partial charge in [0.15, 0.2) is 0 Å². The summed E-state index contributed by atoms with van der Waals surface area (Å²) < 4.78 is 0. The van der Waals surface area contributed by atoms with Crippen molar-refractivity contribution in [3.05, 3.63) is 11.8 Å². The van der Waals surface area contributed by atoms with Crippen molar-refractivity contribution in [2.75, 3.05) is 6.17 Å². The topological polar surface area (TPSA) is 3.24 Å². The Kier molecular flexibility index (Phi) is 4.85. The van der Waals surface area contributed by atoms with Gasteiger partial charge in [0.25, 0.3) is 0 Å². The van der Waals surface area contributed by atoms with Gasteiger partial charge in [0.2, 0.25) is 0 Å². The van der Waals surface area contributed by atoms with Crippen LogP contribution in [0, 0.1) is 0 Å². The lowest BCUT2D eigenvalue weighted by Gasteiger charge is -2.37. The standard InChI is InChI=1S/C10H18NSSi/c1-8(6-9(2)12)11(7-13)10(3,4)5/h6H,7H2,1-5H3/b8-6-. The Morgan fingerprint density at radius 1 is 1.38 bits per heavy atom. The third-order valence-electron chi connectivity index (χ3n) is 1.81. The van der Waals surface area contributed by atoms with E-state index in [1.165, 1.54) is 5.70 Å². The van der Waals surface area contributed by atoms with Gasteiger partial charge in [0.1, 0.15) is 0 Å². The van der Waals surface area contributed by atoms with E-state index in [0.29, 0.717) is 0 Å². The Labute approximate surface area is 90.6 Å². The molecule has 0 aliphatic rings. The first kappa shape index (κ1) is 12.8. The van der Waals surface area contributed by atoms with Crippen LogP contribution >= 0.6 is 12.2 Å². The molecule has 0 aromatic carbocycles. The molecule has 13 heavy (non-hydrogen) atoms. The fourth-order valence-electron chi connectivity index (χ4n) is 1.26. The summed E-state index contributed by atoms with van der Waals surface area (Å²) in [6.07, 6.45) is 2.86. The zero-order valence-corrected chi connectivity index (χ0v) is 11.0. The Morgan fingerprint density at radius 2 is 1.85 bits per heavy atom. The van der Waals surface area contributed by atoms with Crippen LogP contribution in [0.15, 0.2) is 11.8 Å². The third kappa shape index (κ3) is 4.57. The van der Waals surface area contributed by atoms with E-state index in [1.807, 2.05) is 13.0 Å². The smallest absolute Gasteiger partial charge is 0.0513 e. The van der Waals surface area contributed by atoms with Crippen LogP contribution in [0.25, 0.3) is 0 Å². The van der Waals surface area contributed by atoms with Gasteiger partial charge in [-0.3, -0.25) is 0 Å². The van der Waals surface area contributed by atoms with Crippen molar-refractivity contribution in [2.45, 2.75) is 40.2 Å². The summed E-state index contributed by atoms with van der Waals surface area (Å²) in [6.45, 7) is 10.6. The number of thiocarbonyl (C=S) groups is 1. The number of allylic oxidation sites excluding steroid dienone is 2. The summed E-state index contributed by atoms with van der Waals surface area (Å²) in [4.78, 5) is 3.19. The minimum Gasteiger partial charge on any atom is -0.374 e. The maximum atomic E-state index is 5.04. The highest BCUT2D eigenvalue weighted by Gasteiger charge is 2.19. The van der Waals surface area contributed by atoms with Crippen molar-refractivity contribution in [3.63, 3.8) is 0 Å². The molecule has 0 saturated heterocycles. The van der Waals surface area contributed by atoms with Crippen molar-refractivity contribution >= 4 is 27.3 Å². The summed E-state index contributed by atoms with van der Waals surface area (Å²) in [6, 6.07) is 0. The van der Waals surface area contributed by atoms with E-state index in [-0.39, 0.29) is 5.54 Å². The van der Waals surface area contributed by atoms with E-state index in [1.54, 1.807) is 0 Å². The first-order valence-electron chi connectivity index (χ1n) is 4.40. The molecule has 0 aliphatic heterocycles. The lowest BCUT2D eigenvalue weighted by atomic mass is 10.1. The molecule has 0 bridgehead atoms. The van der Waals surface area contributed by atoms with Crippen molar-refractivity contribution in [3.8, 4) is 0 Å². The summed E-state index contributed by atoms with van der Waals surface area (Å²) in [7, 11) is 3.53. The number of rotatable bonds is 3. The Balaban J connectivity index is 4.69. The monoisotopic (exact) mass is 212 g/mol. The van der Waals surface area contributed by atoms with Crippen molar-refractivity contribution < 1.29 is 0 Å². The molecule has 0 saturated carbocycles. The van der Waals surface area contributed by atoms with E-state index in [9.17, 15) is 0 Å². The van der Waals surface area contributed by atoms with Gasteiger partial charge in [-0.15, -0.1) is 0 Å². The van der Waals surface area contributed by atoms with Gasteiger partial charge < -0.3 is 4.90 Å². The fraction of sp³-hybridized carbons (Fsp3) is 0.700. The molecule has 0 aromatic heterocycles. The average molecular weight is 212 g/mol. The number of hydrogen-bond donors (Lipinski definition) is 0. The molecular formula is C10H18NSSi. The molecule has 0 aromatic rings. The molecule has 1 nitrogen and oxygen atoms in total. The SMILES string of the molecule is CC(=S)/C=C(/C)N(C[Si])C(C)(C)C. The molecule has 0 amide bonds. The molecule has 0 unspecified atom stereocenters. The maximum Gasteiger partial charge on any atom is 0.0513 e. The zero-order valence-electron chi connectivity index (χ0n) is 9.14. The second kappa shape index (κ2) is 4.91. The van der Waals surface area contributed by atoms with Crippen LogP contribution < -0.4 is 0 Å². The average Bonchev–Trinajstić information content (AvgIpc) is 1.82. The van der Waals surface area contributed by atoms with Gasteiger partial charge in [0, 0.05) is 22.3 Å². The largest absolute Gasteiger partial charge is 0.374 e. The summed E-state index contributed by atoms with van der Waals surface area (Å²) >= 11 is 5.04. The van der Waals surface area contributed by atoms with Crippen molar-refractivity contribution in [1.29, 1.82) is 0 Å². The van der Waals surface area contributed by atoms with E-state index in [4.69, 9.17) is 12.2 Å². The molecule has 0 aliphatic carbocycles. The van der Waals surface area contributed by atoms with E-state index in [0.717, 1.165) is 11.0 Å². The molecule has 3 heteroatoms. The number of hydrogen-bond acceptors (Lipinski definition) is 2. The van der Waals surface area contributed by atoms with Crippen molar-refractivity contribution in [1.82, 2.24) is 4.90 Å². The molecule has 3 radical (unpaired) electrons. The van der Waals surface area contributed by atoms with Gasteiger partial charge in [-0.25, -0.2) is 0 Å². The lowest BCUT2D eigenvalue weighted by Crippen LogP contribution is -2.40. The van der Waals surface area contributed by atoms with Gasteiger partial charge in [0.05, 0.1) is 10.2 Å². The van der Waals surface area contributed by atoms with Crippen molar-refractivity contribution in [2.24, 2.45) is 0 Å². The summed E-state index contributed by atoms with van der Waals surface area (Å²) in [5.41, 5.74) is 1.34. The van der Waals surface area contributed by atoms with Crippen LogP contribution in [-0.2, 0) is 0 Å². The van der Waals surface area contributed by atoms with E-state index < -0.39 is 0 Å². The van der Waals surface area contributed by atoms with Crippen LogP contribution in [0.2, 0.25) is 0 Å². The normalized spacial score (nSPS) is 12.9. The lowest BCUT2D eigenvalue weighted by molar-refractivity contribution is 0.216. The third-order valence-corrected chi connectivity index (χ3v) is 2.24. The molecular weight excluding hydrogens is 194 g/mol. The van der Waals surface area contributed by atoms with Crippen LogP contribution in [0.4, 0.5) is 0 Å². The predicted octanol–water partition coefficient (Wildman–Crippen LogP) is 2.51. The highest BCUT2D eigenvalue weighted by molar-refractivity contribution is 7.80. The highest BCUT2D eigenvalue weighted by atomic mass is 32.1. The predicted molar refractivity (Wildman–Crippen MR) is 64.2 cm³/mol. The Hall–Kier alpha value is -0.153. The molecule has 0 fully saturated rings. The summed E-state index contributed by atoms with van der Waals surface area (Å²) in [5, 5.41) is 0. The molecule has 0 N–H and O–H groups in total. The van der Waals surface area contributed by atoms with Gasteiger partial charge in [-0.2, -0.15) is 0 Å². The van der Waals surface area contributed by atoms with Crippen LogP contribution in [-0.4, -0.2) is 31.7 Å². The molecule has 0 rings (SSSR count). The minimum absolute atomic E-state index is 0.132. The van der Waals surface area contributed by atoms with Gasteiger partial charge in [-0.1, -0.05) is 12.2 Å². The van der Waals surface area contributed by atoms with Gasteiger partial charge in [-0.05, 0) is 40.7 Å². The second-order valence-electron chi connectivity index (χ2n) is 4.15. The molecule has 0 spiro atoms. The van der Waals surface area contributed by atoms with E-state index in [2.05, 4.69) is 42.8 Å². The quantitative estimate of drug-likeness (QED) is 0.402. The fourth-order valence-corrected chi connectivity index (χ4v) is 2.16. The number of nitrogens with zero attached hydrogens (tertiary/aromatic N) is 1. The van der Waals surface area contributed by atoms with Gasteiger partial charge >= 0.3 is 0 Å². The Morgan fingerprint density at radius 3 is 2.08 bits per heavy atom. The van der Waals surface area contributed by atoms with Crippen LogP contribution in [0.1, 0.15) is 34.6 Å². The maximum absolute atomic E-state index is 5.04. The first-order valence-corrected chi connectivity index (χ1v) is 5.51. The summed E-state index contributed by atoms with van der Waals surface area (Å²) in [5.74, 6) is 0.